The third-order valence-corrected chi connectivity index (χ3v) is 3.38. The number of aromatic nitrogens is 1. The van der Waals surface area contributed by atoms with E-state index in [-0.39, 0.29) is 5.91 Å². The number of nitrogens with zero attached hydrogens (tertiary/aromatic N) is 1. The normalized spacial score (nSPS) is 12.0. The molecule has 1 unspecified atom stereocenters. The third-order valence-electron chi connectivity index (χ3n) is 3.38. The maximum absolute atomic E-state index is 12.1. The number of amides is 1. The number of ether oxygens (including phenoxy) is 1. The minimum absolute atomic E-state index is 0.00192. The van der Waals surface area contributed by atoms with Gasteiger partial charge < -0.3 is 15.8 Å². The molecule has 0 radical (unpaired) electrons. The van der Waals surface area contributed by atoms with E-state index >= 15 is 0 Å². The molecule has 0 saturated heterocycles. The Labute approximate surface area is 127 Å². The summed E-state index contributed by atoms with van der Waals surface area (Å²) in [6.45, 7) is 5.26. The van der Waals surface area contributed by atoms with Gasteiger partial charge in [0, 0.05) is 12.6 Å². The van der Waals surface area contributed by atoms with Gasteiger partial charge in [-0.05, 0) is 44.4 Å². The highest BCUT2D eigenvalue weighted by Gasteiger charge is 2.12. The van der Waals surface area contributed by atoms with Crippen molar-refractivity contribution in [2.45, 2.75) is 46.0 Å². The highest BCUT2D eigenvalue weighted by Crippen LogP contribution is 2.22. The van der Waals surface area contributed by atoms with Crippen LogP contribution in [0.3, 0.4) is 0 Å². The summed E-state index contributed by atoms with van der Waals surface area (Å²) in [6.07, 6.45) is 6.27. The lowest BCUT2D eigenvalue weighted by atomic mass is 9.94. The summed E-state index contributed by atoms with van der Waals surface area (Å²) in [5.41, 5.74) is 6.25. The van der Waals surface area contributed by atoms with Gasteiger partial charge in [-0.15, -0.1) is 0 Å². The molecule has 0 aliphatic carbocycles. The number of rotatable bonds is 10. The summed E-state index contributed by atoms with van der Waals surface area (Å²) in [5, 5.41) is 2.88. The summed E-state index contributed by atoms with van der Waals surface area (Å²) >= 11 is 0. The van der Waals surface area contributed by atoms with Gasteiger partial charge in [-0.2, -0.15) is 0 Å². The Bertz CT molecular complexity index is 418. The van der Waals surface area contributed by atoms with Crippen LogP contribution >= 0.6 is 0 Å². The van der Waals surface area contributed by atoms with Crippen molar-refractivity contribution in [3.8, 4) is 5.88 Å². The molecule has 0 spiro atoms. The molecular formula is C16H27N3O2. The van der Waals surface area contributed by atoms with Crippen molar-refractivity contribution < 1.29 is 9.53 Å². The zero-order valence-corrected chi connectivity index (χ0v) is 13.1. The number of nitrogens with one attached hydrogen (secondary N) is 1. The van der Waals surface area contributed by atoms with Crippen molar-refractivity contribution in [1.29, 1.82) is 0 Å². The molecule has 1 amide bonds. The van der Waals surface area contributed by atoms with Crippen molar-refractivity contribution in [3.05, 3.63) is 18.3 Å². The highest BCUT2D eigenvalue weighted by atomic mass is 16.5. The van der Waals surface area contributed by atoms with Crippen LogP contribution in [0.1, 0.15) is 46.0 Å². The predicted octanol–water partition coefficient (Wildman–Crippen LogP) is 2.96. The fourth-order valence-electron chi connectivity index (χ4n) is 2.36. The molecule has 0 fully saturated rings. The molecule has 0 bridgehead atoms. The first-order chi connectivity index (χ1) is 10.2. The first-order valence-electron chi connectivity index (χ1n) is 7.78. The van der Waals surface area contributed by atoms with Crippen LogP contribution < -0.4 is 15.8 Å². The Kier molecular flexibility index (Phi) is 8.43. The lowest BCUT2D eigenvalue weighted by Crippen LogP contribution is -2.16. The SMILES string of the molecule is CCCC(CCN)CCC(=O)Nc1cccnc1OCC. The molecule has 0 saturated carbocycles. The summed E-state index contributed by atoms with van der Waals surface area (Å²) in [7, 11) is 0. The van der Waals surface area contributed by atoms with Gasteiger partial charge in [0.25, 0.3) is 0 Å². The van der Waals surface area contributed by atoms with E-state index in [9.17, 15) is 4.79 Å². The van der Waals surface area contributed by atoms with Gasteiger partial charge >= 0.3 is 0 Å². The van der Waals surface area contributed by atoms with E-state index < -0.39 is 0 Å². The van der Waals surface area contributed by atoms with Crippen molar-refractivity contribution in [2.24, 2.45) is 11.7 Å². The average Bonchev–Trinajstić information content (AvgIpc) is 2.47. The van der Waals surface area contributed by atoms with Crippen molar-refractivity contribution in [3.63, 3.8) is 0 Å². The Morgan fingerprint density at radius 1 is 1.38 bits per heavy atom. The Hall–Kier alpha value is -1.62. The molecule has 0 aromatic carbocycles. The lowest BCUT2D eigenvalue weighted by Gasteiger charge is -2.15. The number of carbonyl (C=O) groups is 1. The molecule has 0 aliphatic rings. The topological polar surface area (TPSA) is 77.2 Å². The highest BCUT2D eigenvalue weighted by molar-refractivity contribution is 5.91. The minimum atomic E-state index is 0.00192. The summed E-state index contributed by atoms with van der Waals surface area (Å²) < 4.78 is 5.40. The van der Waals surface area contributed by atoms with Crippen LogP contribution in [-0.4, -0.2) is 24.0 Å². The maximum atomic E-state index is 12.1. The Morgan fingerprint density at radius 3 is 2.86 bits per heavy atom. The molecule has 1 atom stereocenters. The van der Waals surface area contributed by atoms with Crippen molar-refractivity contribution in [1.82, 2.24) is 4.98 Å². The van der Waals surface area contributed by atoms with Crippen LogP contribution in [0.4, 0.5) is 5.69 Å². The molecule has 1 rings (SSSR count). The predicted molar refractivity (Wildman–Crippen MR) is 85.3 cm³/mol. The quantitative estimate of drug-likeness (QED) is 0.695. The fourth-order valence-corrected chi connectivity index (χ4v) is 2.36. The van der Waals surface area contributed by atoms with E-state index in [0.29, 0.717) is 37.1 Å². The van der Waals surface area contributed by atoms with E-state index in [4.69, 9.17) is 10.5 Å². The molecule has 0 aliphatic heterocycles. The van der Waals surface area contributed by atoms with Gasteiger partial charge in [0.15, 0.2) is 0 Å². The first kappa shape index (κ1) is 17.4. The minimum Gasteiger partial charge on any atom is -0.476 e. The van der Waals surface area contributed by atoms with E-state index in [1.165, 1.54) is 0 Å². The average molecular weight is 293 g/mol. The van der Waals surface area contributed by atoms with Gasteiger partial charge in [-0.3, -0.25) is 4.79 Å². The molecule has 3 N–H and O–H groups in total. The molecule has 1 aromatic heterocycles. The number of hydrogen-bond acceptors (Lipinski definition) is 4. The molecule has 5 heteroatoms. The second kappa shape index (κ2) is 10.2. The molecule has 21 heavy (non-hydrogen) atoms. The zero-order valence-electron chi connectivity index (χ0n) is 13.1. The number of pyridine rings is 1. The number of anilines is 1. The summed E-state index contributed by atoms with van der Waals surface area (Å²) in [4.78, 5) is 16.2. The van der Waals surface area contributed by atoms with Gasteiger partial charge in [0.05, 0.1) is 6.61 Å². The smallest absolute Gasteiger partial charge is 0.237 e. The standard InChI is InChI=1S/C16H27N3O2/c1-3-6-13(10-11-17)8-9-15(20)19-14-7-5-12-18-16(14)21-4-2/h5,7,12-13H,3-4,6,8-11,17H2,1-2H3,(H,19,20). The second-order valence-corrected chi connectivity index (χ2v) is 5.11. The monoisotopic (exact) mass is 293 g/mol. The third kappa shape index (κ3) is 6.58. The van der Waals surface area contributed by atoms with Crippen LogP contribution in [-0.2, 0) is 4.79 Å². The van der Waals surface area contributed by atoms with E-state index in [0.717, 1.165) is 25.7 Å². The van der Waals surface area contributed by atoms with Crippen LogP contribution in [0.25, 0.3) is 0 Å². The van der Waals surface area contributed by atoms with Gasteiger partial charge in [-0.25, -0.2) is 4.98 Å². The number of hydrogen-bond donors (Lipinski definition) is 2. The van der Waals surface area contributed by atoms with Gasteiger partial charge in [-0.1, -0.05) is 19.8 Å². The van der Waals surface area contributed by atoms with E-state index in [1.54, 1.807) is 18.3 Å². The Balaban J connectivity index is 2.49. The maximum Gasteiger partial charge on any atom is 0.237 e. The number of nitrogens with two attached hydrogens (primary N) is 1. The zero-order chi connectivity index (χ0) is 15.5. The van der Waals surface area contributed by atoms with E-state index in [2.05, 4.69) is 17.2 Å². The summed E-state index contributed by atoms with van der Waals surface area (Å²) in [5.74, 6) is 1.01. The molecule has 1 aromatic rings. The number of carbonyl (C=O) groups excluding carboxylic acids is 1. The largest absolute Gasteiger partial charge is 0.476 e. The first-order valence-corrected chi connectivity index (χ1v) is 7.78. The van der Waals surface area contributed by atoms with Crippen LogP contribution in [0.15, 0.2) is 18.3 Å². The van der Waals surface area contributed by atoms with Gasteiger partial charge in [0.1, 0.15) is 5.69 Å². The van der Waals surface area contributed by atoms with Crippen LogP contribution in [0.2, 0.25) is 0 Å². The lowest BCUT2D eigenvalue weighted by molar-refractivity contribution is -0.116. The van der Waals surface area contributed by atoms with Crippen LogP contribution in [0, 0.1) is 5.92 Å². The summed E-state index contributed by atoms with van der Waals surface area (Å²) in [6, 6.07) is 3.59. The van der Waals surface area contributed by atoms with E-state index in [1.807, 2.05) is 6.92 Å². The van der Waals surface area contributed by atoms with Crippen molar-refractivity contribution >= 4 is 11.6 Å². The molecular weight excluding hydrogens is 266 g/mol. The second-order valence-electron chi connectivity index (χ2n) is 5.11. The molecule has 1 heterocycles. The molecule has 5 nitrogen and oxygen atoms in total. The molecule has 118 valence electrons. The Morgan fingerprint density at radius 2 is 2.19 bits per heavy atom. The fraction of sp³-hybridized carbons (Fsp3) is 0.625. The van der Waals surface area contributed by atoms with Crippen LogP contribution in [0.5, 0.6) is 5.88 Å². The van der Waals surface area contributed by atoms with Crippen molar-refractivity contribution in [2.75, 3.05) is 18.5 Å². The van der Waals surface area contributed by atoms with Gasteiger partial charge in [0.2, 0.25) is 11.8 Å².